The molecule has 128 valence electrons. The lowest BCUT2D eigenvalue weighted by atomic mass is 10.1. The molecule has 3 unspecified atom stereocenters. The van der Waals surface area contributed by atoms with Gasteiger partial charge in [-0.1, -0.05) is 13.8 Å². The van der Waals surface area contributed by atoms with Gasteiger partial charge < -0.3 is 19.5 Å². The average Bonchev–Trinajstić information content (AvgIpc) is 3.03. The van der Waals surface area contributed by atoms with Crippen LogP contribution in [0.15, 0.2) is 0 Å². The summed E-state index contributed by atoms with van der Waals surface area (Å²) in [5.74, 6) is -0.793. The van der Waals surface area contributed by atoms with Gasteiger partial charge in [-0.25, -0.2) is 4.79 Å². The van der Waals surface area contributed by atoms with Crippen molar-refractivity contribution in [2.75, 3.05) is 13.2 Å². The second-order valence-electron chi connectivity index (χ2n) is 5.71. The van der Waals surface area contributed by atoms with Crippen molar-refractivity contribution in [2.24, 2.45) is 0 Å². The Morgan fingerprint density at radius 3 is 2.45 bits per heavy atom. The molecule has 0 bridgehead atoms. The van der Waals surface area contributed by atoms with Crippen molar-refractivity contribution in [3.63, 3.8) is 0 Å². The van der Waals surface area contributed by atoms with Gasteiger partial charge in [-0.2, -0.15) is 0 Å². The summed E-state index contributed by atoms with van der Waals surface area (Å²) in [6.45, 7) is 8.34. The molecule has 1 N–H and O–H groups in total. The van der Waals surface area contributed by atoms with Crippen LogP contribution in [0.4, 0.5) is 0 Å². The van der Waals surface area contributed by atoms with Gasteiger partial charge >= 0.3 is 5.97 Å². The highest BCUT2D eigenvalue weighted by Gasteiger charge is 2.25. The number of ether oxygens (including phenoxy) is 3. The summed E-state index contributed by atoms with van der Waals surface area (Å²) < 4.78 is 16.1. The second-order valence-corrected chi connectivity index (χ2v) is 5.71. The van der Waals surface area contributed by atoms with Crippen LogP contribution in [-0.4, -0.2) is 49.4 Å². The number of carbonyl (C=O) groups is 2. The zero-order valence-corrected chi connectivity index (χ0v) is 14.1. The molecule has 0 aromatic heterocycles. The van der Waals surface area contributed by atoms with Crippen LogP contribution < -0.4 is 5.32 Å². The number of esters is 1. The number of hydrogen-bond donors (Lipinski definition) is 1. The molecular weight excluding hydrogens is 286 g/mol. The number of nitrogens with one attached hydrogen (secondary N) is 1. The summed E-state index contributed by atoms with van der Waals surface area (Å²) in [5, 5.41) is 2.86. The highest BCUT2D eigenvalue weighted by atomic mass is 16.6. The van der Waals surface area contributed by atoms with Crippen molar-refractivity contribution in [3.8, 4) is 0 Å². The maximum absolute atomic E-state index is 11.9. The van der Waals surface area contributed by atoms with E-state index in [0.29, 0.717) is 6.61 Å². The predicted octanol–water partition coefficient (Wildman–Crippen LogP) is 1.81. The fourth-order valence-electron chi connectivity index (χ4n) is 2.23. The van der Waals surface area contributed by atoms with E-state index >= 15 is 0 Å². The highest BCUT2D eigenvalue weighted by Crippen LogP contribution is 2.13. The largest absolute Gasteiger partial charge is 0.451 e. The third kappa shape index (κ3) is 6.32. The topological polar surface area (TPSA) is 73.9 Å². The Balaban J connectivity index is 2.30. The molecule has 0 saturated carbocycles. The van der Waals surface area contributed by atoms with Crippen LogP contribution in [0.25, 0.3) is 0 Å². The van der Waals surface area contributed by atoms with Crippen molar-refractivity contribution in [2.45, 2.75) is 77.7 Å². The summed E-state index contributed by atoms with van der Waals surface area (Å²) in [6, 6.07) is 0.113. The lowest BCUT2D eigenvalue weighted by Gasteiger charge is -2.20. The molecule has 0 radical (unpaired) electrons. The van der Waals surface area contributed by atoms with E-state index in [-0.39, 0.29) is 18.1 Å². The highest BCUT2D eigenvalue weighted by molar-refractivity contribution is 5.84. The molecule has 0 aromatic carbocycles. The first kappa shape index (κ1) is 18.9. The molecule has 1 amide bonds. The van der Waals surface area contributed by atoms with Crippen molar-refractivity contribution in [1.82, 2.24) is 5.32 Å². The Bertz CT molecular complexity index is 350. The summed E-state index contributed by atoms with van der Waals surface area (Å²) >= 11 is 0. The SMILES string of the molecule is CCC(CC)NC(=O)C(C)OC(=O)C(C)OCC1CCCO1. The number of rotatable bonds is 9. The van der Waals surface area contributed by atoms with E-state index in [1.54, 1.807) is 13.8 Å². The molecule has 1 fully saturated rings. The van der Waals surface area contributed by atoms with Crippen LogP contribution in [-0.2, 0) is 23.8 Å². The number of hydrogen-bond acceptors (Lipinski definition) is 5. The monoisotopic (exact) mass is 315 g/mol. The molecule has 1 aliphatic heterocycles. The minimum absolute atomic E-state index is 0.0610. The average molecular weight is 315 g/mol. The van der Waals surface area contributed by atoms with Gasteiger partial charge in [0.15, 0.2) is 12.2 Å². The van der Waals surface area contributed by atoms with Crippen LogP contribution in [0.1, 0.15) is 53.4 Å². The van der Waals surface area contributed by atoms with E-state index in [1.165, 1.54) is 0 Å². The summed E-state index contributed by atoms with van der Waals surface area (Å²) in [4.78, 5) is 23.9. The lowest BCUT2D eigenvalue weighted by Crippen LogP contribution is -2.42. The van der Waals surface area contributed by atoms with Crippen molar-refractivity contribution in [3.05, 3.63) is 0 Å². The molecule has 0 aromatic rings. The molecule has 1 aliphatic rings. The maximum Gasteiger partial charge on any atom is 0.335 e. The van der Waals surface area contributed by atoms with Crippen molar-refractivity contribution < 1.29 is 23.8 Å². The normalized spacial score (nSPS) is 20.7. The molecule has 0 aliphatic carbocycles. The van der Waals surface area contributed by atoms with E-state index < -0.39 is 18.2 Å². The van der Waals surface area contributed by atoms with Gasteiger partial charge in [0, 0.05) is 12.6 Å². The molecule has 1 heterocycles. The molecule has 6 heteroatoms. The molecule has 3 atom stereocenters. The molecular formula is C16H29NO5. The summed E-state index contributed by atoms with van der Waals surface area (Å²) in [6.07, 6.45) is 2.23. The van der Waals surface area contributed by atoms with Gasteiger partial charge in [0.2, 0.25) is 0 Å². The van der Waals surface area contributed by atoms with Crippen molar-refractivity contribution >= 4 is 11.9 Å². The lowest BCUT2D eigenvalue weighted by molar-refractivity contribution is -0.166. The smallest absolute Gasteiger partial charge is 0.335 e. The van der Waals surface area contributed by atoms with E-state index in [1.807, 2.05) is 13.8 Å². The molecule has 6 nitrogen and oxygen atoms in total. The quantitative estimate of drug-likeness (QED) is 0.657. The molecule has 22 heavy (non-hydrogen) atoms. The standard InChI is InChI=1S/C16H29NO5/c1-5-13(6-2)17-15(18)11(3)22-16(19)12(4)21-10-14-8-7-9-20-14/h11-14H,5-10H2,1-4H3,(H,17,18). The van der Waals surface area contributed by atoms with Crippen LogP contribution in [0.2, 0.25) is 0 Å². The van der Waals surface area contributed by atoms with Gasteiger partial charge in [-0.15, -0.1) is 0 Å². The molecule has 1 rings (SSSR count). The maximum atomic E-state index is 11.9. The number of amides is 1. The second kappa shape index (κ2) is 9.79. The van der Waals surface area contributed by atoms with E-state index in [9.17, 15) is 9.59 Å². The minimum atomic E-state index is -0.818. The van der Waals surface area contributed by atoms with Crippen LogP contribution in [0.5, 0.6) is 0 Å². The first-order valence-corrected chi connectivity index (χ1v) is 8.21. The van der Waals surface area contributed by atoms with Crippen LogP contribution in [0.3, 0.4) is 0 Å². The fourth-order valence-corrected chi connectivity index (χ4v) is 2.23. The van der Waals surface area contributed by atoms with Gasteiger partial charge in [0.1, 0.15) is 0 Å². The molecule has 1 saturated heterocycles. The Kier molecular flexibility index (Phi) is 8.42. The van der Waals surface area contributed by atoms with E-state index in [0.717, 1.165) is 32.3 Å². The Morgan fingerprint density at radius 1 is 1.23 bits per heavy atom. The minimum Gasteiger partial charge on any atom is -0.451 e. The van der Waals surface area contributed by atoms with Gasteiger partial charge in [-0.3, -0.25) is 4.79 Å². The van der Waals surface area contributed by atoms with Gasteiger partial charge in [0.25, 0.3) is 5.91 Å². The van der Waals surface area contributed by atoms with E-state index in [2.05, 4.69) is 5.32 Å². The van der Waals surface area contributed by atoms with Gasteiger partial charge in [0.05, 0.1) is 12.7 Å². The predicted molar refractivity (Wildman–Crippen MR) is 82.5 cm³/mol. The number of carbonyl (C=O) groups excluding carboxylic acids is 2. The van der Waals surface area contributed by atoms with Gasteiger partial charge in [-0.05, 0) is 39.5 Å². The first-order chi connectivity index (χ1) is 10.5. The first-order valence-electron chi connectivity index (χ1n) is 8.21. The Morgan fingerprint density at radius 2 is 1.91 bits per heavy atom. The van der Waals surface area contributed by atoms with Crippen LogP contribution in [0, 0.1) is 0 Å². The van der Waals surface area contributed by atoms with Crippen molar-refractivity contribution in [1.29, 1.82) is 0 Å². The zero-order valence-electron chi connectivity index (χ0n) is 14.1. The summed E-state index contributed by atoms with van der Waals surface area (Å²) in [5.41, 5.74) is 0. The zero-order chi connectivity index (χ0) is 16.5. The Hall–Kier alpha value is -1.14. The molecule has 0 spiro atoms. The third-order valence-corrected chi connectivity index (χ3v) is 3.88. The van der Waals surface area contributed by atoms with Crippen LogP contribution >= 0.6 is 0 Å². The third-order valence-electron chi connectivity index (χ3n) is 3.88. The summed E-state index contributed by atoms with van der Waals surface area (Å²) in [7, 11) is 0. The Labute approximate surface area is 132 Å². The van der Waals surface area contributed by atoms with E-state index in [4.69, 9.17) is 14.2 Å². The fraction of sp³-hybridized carbons (Fsp3) is 0.875.